The van der Waals surface area contributed by atoms with Crippen LogP contribution in [0, 0.1) is 0 Å². The molecule has 0 radical (unpaired) electrons. The molecule has 5 heteroatoms. The Balaban J connectivity index is 1.58. The molecule has 0 spiro atoms. The first-order valence-corrected chi connectivity index (χ1v) is 6.51. The molecule has 1 aliphatic rings. The number of aryl methyl sites for hydroxylation is 1. The number of rotatable bonds is 6. The number of aromatic nitrogens is 3. The van der Waals surface area contributed by atoms with Crippen molar-refractivity contribution in [3.63, 3.8) is 0 Å². The summed E-state index contributed by atoms with van der Waals surface area (Å²) in [5.41, 5.74) is 1.07. The molecule has 0 bridgehead atoms. The summed E-state index contributed by atoms with van der Waals surface area (Å²) in [7, 11) is 0. The third-order valence-corrected chi connectivity index (χ3v) is 3.10. The molecule has 1 saturated carbocycles. The number of oxazole rings is 1. The van der Waals surface area contributed by atoms with Gasteiger partial charge in [0.2, 0.25) is 5.89 Å². The van der Waals surface area contributed by atoms with Gasteiger partial charge in [0.15, 0.2) is 0 Å². The van der Waals surface area contributed by atoms with E-state index in [1.807, 2.05) is 17.1 Å². The Hall–Kier alpha value is -1.62. The van der Waals surface area contributed by atoms with E-state index in [0.29, 0.717) is 12.6 Å². The lowest BCUT2D eigenvalue weighted by atomic mass is 10.4. The predicted octanol–water partition coefficient (Wildman–Crippen LogP) is 1.73. The molecule has 0 amide bonds. The Bertz CT molecular complexity index is 513. The molecular weight excluding hydrogens is 228 g/mol. The number of hydrogen-bond acceptors (Lipinski definition) is 4. The van der Waals surface area contributed by atoms with Crippen LogP contribution >= 0.6 is 0 Å². The van der Waals surface area contributed by atoms with Gasteiger partial charge in [-0.05, 0) is 12.8 Å². The molecule has 0 aromatic carbocycles. The van der Waals surface area contributed by atoms with Gasteiger partial charge in [0, 0.05) is 25.2 Å². The zero-order valence-electron chi connectivity index (χ0n) is 10.6. The lowest BCUT2D eigenvalue weighted by Gasteiger charge is -1.98. The molecule has 0 saturated heterocycles. The average molecular weight is 246 g/mol. The molecule has 0 aliphatic heterocycles. The molecule has 1 N–H and O–H groups in total. The van der Waals surface area contributed by atoms with Crippen LogP contribution in [0.5, 0.6) is 0 Å². The van der Waals surface area contributed by atoms with E-state index in [1.165, 1.54) is 12.8 Å². The Morgan fingerprint density at radius 2 is 2.33 bits per heavy atom. The predicted molar refractivity (Wildman–Crippen MR) is 67.1 cm³/mol. The first-order chi connectivity index (χ1) is 8.83. The molecule has 0 atom stereocenters. The Morgan fingerprint density at radius 3 is 3.06 bits per heavy atom. The van der Waals surface area contributed by atoms with Crippen molar-refractivity contribution in [3.8, 4) is 0 Å². The van der Waals surface area contributed by atoms with Gasteiger partial charge in [-0.15, -0.1) is 0 Å². The van der Waals surface area contributed by atoms with E-state index < -0.39 is 0 Å². The van der Waals surface area contributed by atoms with Gasteiger partial charge in [-0.1, -0.05) is 6.92 Å². The summed E-state index contributed by atoms with van der Waals surface area (Å²) in [6.45, 7) is 3.56. The van der Waals surface area contributed by atoms with Gasteiger partial charge in [0.05, 0.1) is 18.2 Å². The van der Waals surface area contributed by atoms with Crippen molar-refractivity contribution in [2.24, 2.45) is 0 Å². The van der Waals surface area contributed by atoms with E-state index in [4.69, 9.17) is 4.42 Å². The molecular formula is C13H18N4O. The highest BCUT2D eigenvalue weighted by Crippen LogP contribution is 2.19. The average Bonchev–Trinajstić information content (AvgIpc) is 2.93. The zero-order chi connectivity index (χ0) is 12.4. The molecule has 2 aromatic rings. The molecule has 1 fully saturated rings. The summed E-state index contributed by atoms with van der Waals surface area (Å²) in [5, 5.41) is 3.45. The summed E-state index contributed by atoms with van der Waals surface area (Å²) in [5.74, 6) is 1.67. The highest BCUT2D eigenvalue weighted by molar-refractivity contribution is 5.00. The van der Waals surface area contributed by atoms with Crippen molar-refractivity contribution in [1.29, 1.82) is 0 Å². The molecule has 18 heavy (non-hydrogen) atoms. The third-order valence-electron chi connectivity index (χ3n) is 3.10. The second-order valence-corrected chi connectivity index (χ2v) is 4.77. The van der Waals surface area contributed by atoms with E-state index >= 15 is 0 Å². The SMILES string of the molecule is CCc1cnc(Cn2cnc(CNC3CC3)c2)o1. The van der Waals surface area contributed by atoms with Crippen LogP contribution in [0.25, 0.3) is 0 Å². The first-order valence-electron chi connectivity index (χ1n) is 6.51. The highest BCUT2D eigenvalue weighted by Gasteiger charge is 2.20. The van der Waals surface area contributed by atoms with Crippen molar-refractivity contribution in [2.45, 2.75) is 45.3 Å². The van der Waals surface area contributed by atoms with Gasteiger partial charge in [-0.25, -0.2) is 9.97 Å². The van der Waals surface area contributed by atoms with Crippen LogP contribution in [-0.4, -0.2) is 20.6 Å². The minimum absolute atomic E-state index is 0.649. The number of hydrogen-bond donors (Lipinski definition) is 1. The number of nitrogens with zero attached hydrogens (tertiary/aromatic N) is 3. The first kappa shape index (κ1) is 11.5. The fraction of sp³-hybridized carbons (Fsp3) is 0.538. The molecule has 2 heterocycles. The molecule has 0 unspecified atom stereocenters. The monoisotopic (exact) mass is 246 g/mol. The minimum Gasteiger partial charge on any atom is -0.444 e. The van der Waals surface area contributed by atoms with Crippen molar-refractivity contribution in [2.75, 3.05) is 0 Å². The topological polar surface area (TPSA) is 55.9 Å². The van der Waals surface area contributed by atoms with E-state index in [-0.39, 0.29) is 0 Å². The smallest absolute Gasteiger partial charge is 0.214 e. The second kappa shape index (κ2) is 4.94. The maximum atomic E-state index is 5.58. The zero-order valence-corrected chi connectivity index (χ0v) is 10.6. The van der Waals surface area contributed by atoms with Crippen molar-refractivity contribution < 1.29 is 4.42 Å². The van der Waals surface area contributed by atoms with Crippen LogP contribution in [0.4, 0.5) is 0 Å². The van der Waals surface area contributed by atoms with Gasteiger partial charge in [-0.2, -0.15) is 0 Å². The molecule has 2 aromatic heterocycles. The summed E-state index contributed by atoms with van der Waals surface area (Å²) in [4.78, 5) is 8.61. The summed E-state index contributed by atoms with van der Waals surface area (Å²) < 4.78 is 7.59. The summed E-state index contributed by atoms with van der Waals surface area (Å²) in [6.07, 6.45) is 9.16. The molecule has 5 nitrogen and oxygen atoms in total. The minimum atomic E-state index is 0.649. The van der Waals surface area contributed by atoms with E-state index in [9.17, 15) is 0 Å². The Kier molecular flexibility index (Phi) is 3.15. The normalized spacial score (nSPS) is 15.2. The highest BCUT2D eigenvalue weighted by atomic mass is 16.4. The van der Waals surface area contributed by atoms with Crippen LogP contribution in [0.15, 0.2) is 23.1 Å². The van der Waals surface area contributed by atoms with E-state index in [1.54, 1.807) is 6.20 Å². The van der Waals surface area contributed by atoms with E-state index in [2.05, 4.69) is 22.2 Å². The second-order valence-electron chi connectivity index (χ2n) is 4.77. The molecule has 96 valence electrons. The molecule has 3 rings (SSSR count). The van der Waals surface area contributed by atoms with Crippen LogP contribution in [-0.2, 0) is 19.5 Å². The largest absolute Gasteiger partial charge is 0.444 e. The fourth-order valence-corrected chi connectivity index (χ4v) is 1.86. The maximum Gasteiger partial charge on any atom is 0.214 e. The van der Waals surface area contributed by atoms with Crippen molar-refractivity contribution >= 4 is 0 Å². The van der Waals surface area contributed by atoms with Gasteiger partial charge in [-0.3, -0.25) is 0 Å². The summed E-state index contributed by atoms with van der Waals surface area (Å²) >= 11 is 0. The van der Waals surface area contributed by atoms with Crippen molar-refractivity contribution in [3.05, 3.63) is 36.1 Å². The quantitative estimate of drug-likeness (QED) is 0.843. The lowest BCUT2D eigenvalue weighted by Crippen LogP contribution is -2.15. The van der Waals surface area contributed by atoms with Crippen LogP contribution in [0.3, 0.4) is 0 Å². The van der Waals surface area contributed by atoms with Gasteiger partial charge in [0.25, 0.3) is 0 Å². The Labute approximate surface area is 106 Å². The standard InChI is InChI=1S/C13H18N4O/c1-2-12-6-15-13(18-12)8-17-7-11(16-9-17)5-14-10-3-4-10/h6-7,9-10,14H,2-5,8H2,1H3. The molecule has 1 aliphatic carbocycles. The number of imidazole rings is 1. The van der Waals surface area contributed by atoms with Gasteiger partial charge < -0.3 is 14.3 Å². The Morgan fingerprint density at radius 1 is 1.44 bits per heavy atom. The van der Waals surface area contributed by atoms with Gasteiger partial charge >= 0.3 is 0 Å². The van der Waals surface area contributed by atoms with Crippen molar-refractivity contribution in [1.82, 2.24) is 19.9 Å². The maximum absolute atomic E-state index is 5.58. The van der Waals surface area contributed by atoms with Crippen LogP contribution in [0.1, 0.15) is 37.1 Å². The van der Waals surface area contributed by atoms with E-state index in [0.717, 1.165) is 30.3 Å². The number of nitrogens with one attached hydrogen (secondary N) is 1. The fourth-order valence-electron chi connectivity index (χ4n) is 1.86. The van der Waals surface area contributed by atoms with Crippen LogP contribution < -0.4 is 5.32 Å². The summed E-state index contributed by atoms with van der Waals surface area (Å²) in [6, 6.07) is 0.717. The lowest BCUT2D eigenvalue weighted by molar-refractivity contribution is 0.446. The van der Waals surface area contributed by atoms with Crippen LogP contribution in [0.2, 0.25) is 0 Å². The third kappa shape index (κ3) is 2.79. The van der Waals surface area contributed by atoms with Gasteiger partial charge in [0.1, 0.15) is 12.3 Å².